The average molecular weight is 929 g/mol. The van der Waals surface area contributed by atoms with E-state index in [0.717, 1.165) is 28.2 Å². The first-order valence-corrected chi connectivity index (χ1v) is 25.2. The lowest BCUT2D eigenvalue weighted by Crippen LogP contribution is -2.28. The molecule has 0 bridgehead atoms. The molecule has 2 nitrogen and oxygen atoms in total. The smallest absolute Gasteiger partial charge is 0.0714 e. The van der Waals surface area contributed by atoms with Crippen LogP contribution in [0.15, 0.2) is 291 Å². The van der Waals surface area contributed by atoms with E-state index in [1.54, 1.807) is 0 Å². The number of anilines is 3. The summed E-state index contributed by atoms with van der Waals surface area (Å²) in [6.07, 6.45) is 0. The molecule has 0 unspecified atom stereocenters. The van der Waals surface area contributed by atoms with Gasteiger partial charge in [-0.25, -0.2) is 0 Å². The lowest BCUT2D eigenvalue weighted by Gasteiger charge is -2.35. The lowest BCUT2D eigenvalue weighted by molar-refractivity contribution is 0.768. The van der Waals surface area contributed by atoms with Crippen LogP contribution in [0.2, 0.25) is 0 Å². The summed E-state index contributed by atoms with van der Waals surface area (Å²) in [5, 5.41) is 4.96. The van der Waals surface area contributed by atoms with Crippen molar-refractivity contribution in [3.8, 4) is 50.2 Å². The highest BCUT2D eigenvalue weighted by atomic mass is 15.1. The molecule has 1 aromatic heterocycles. The Morgan fingerprint density at radius 2 is 0.781 bits per heavy atom. The third kappa shape index (κ3) is 6.94. The Morgan fingerprint density at radius 1 is 0.274 bits per heavy atom. The van der Waals surface area contributed by atoms with Crippen LogP contribution in [0, 0.1) is 0 Å². The molecule has 0 aliphatic heterocycles. The van der Waals surface area contributed by atoms with Gasteiger partial charge in [-0.15, -0.1) is 0 Å². The lowest BCUT2D eigenvalue weighted by atomic mass is 9.67. The number of rotatable bonds is 9. The highest BCUT2D eigenvalue weighted by molar-refractivity contribution is 6.11. The van der Waals surface area contributed by atoms with Gasteiger partial charge in [0.1, 0.15) is 0 Å². The first kappa shape index (κ1) is 42.4. The van der Waals surface area contributed by atoms with Gasteiger partial charge in [-0.2, -0.15) is 0 Å². The van der Waals surface area contributed by atoms with Crippen molar-refractivity contribution >= 4 is 49.6 Å². The summed E-state index contributed by atoms with van der Waals surface area (Å²) in [4.78, 5) is 2.44. The minimum absolute atomic E-state index is 0.526. The van der Waals surface area contributed by atoms with Gasteiger partial charge in [0.2, 0.25) is 0 Å². The van der Waals surface area contributed by atoms with Gasteiger partial charge in [0, 0.05) is 33.2 Å². The van der Waals surface area contributed by atoms with E-state index in [0.29, 0.717) is 0 Å². The van der Waals surface area contributed by atoms with Crippen LogP contribution < -0.4 is 4.90 Å². The Kier molecular flexibility index (Phi) is 10.1. The van der Waals surface area contributed by atoms with E-state index in [1.807, 2.05) is 0 Å². The second kappa shape index (κ2) is 17.4. The van der Waals surface area contributed by atoms with Crippen molar-refractivity contribution in [2.24, 2.45) is 0 Å². The van der Waals surface area contributed by atoms with Gasteiger partial charge in [-0.1, -0.05) is 231 Å². The number of fused-ring (bicyclic) bond motifs is 7. The van der Waals surface area contributed by atoms with E-state index in [4.69, 9.17) is 0 Å². The van der Waals surface area contributed by atoms with Gasteiger partial charge in [-0.3, -0.25) is 0 Å². The SMILES string of the molecule is c1ccc(-c2ccc(N(c3cccc(-c4cccc(-c5ccc6c7ccccc7n(-c7cccc8ccccc78)c6c5)c4)c3)c3ccc4c(c3)C(c3ccccc3)(c3ccccc3)c3ccccc3-4)cc2)cc1. The molecule has 13 aromatic rings. The monoisotopic (exact) mass is 928 g/mol. The third-order valence-corrected chi connectivity index (χ3v) is 15.2. The Labute approximate surface area is 426 Å². The van der Waals surface area contributed by atoms with Crippen molar-refractivity contribution in [3.63, 3.8) is 0 Å². The third-order valence-electron chi connectivity index (χ3n) is 15.2. The molecule has 0 fully saturated rings. The fourth-order valence-corrected chi connectivity index (χ4v) is 12.0. The van der Waals surface area contributed by atoms with Crippen LogP contribution in [0.25, 0.3) is 82.8 Å². The van der Waals surface area contributed by atoms with Crippen molar-refractivity contribution < 1.29 is 0 Å². The number of hydrogen-bond donors (Lipinski definition) is 0. The van der Waals surface area contributed by atoms with E-state index < -0.39 is 5.41 Å². The van der Waals surface area contributed by atoms with E-state index in [9.17, 15) is 0 Å². The summed E-state index contributed by atoms with van der Waals surface area (Å²) >= 11 is 0. The molecule has 0 saturated heterocycles. The quantitative estimate of drug-likeness (QED) is 0.140. The zero-order chi connectivity index (χ0) is 48.3. The average Bonchev–Trinajstić information content (AvgIpc) is 3.96. The summed E-state index contributed by atoms with van der Waals surface area (Å²) < 4.78 is 2.45. The zero-order valence-corrected chi connectivity index (χ0v) is 40.1. The largest absolute Gasteiger partial charge is 0.310 e. The molecular formula is C71H48N2. The van der Waals surface area contributed by atoms with Gasteiger partial charge < -0.3 is 9.47 Å². The molecule has 0 radical (unpaired) electrons. The van der Waals surface area contributed by atoms with Crippen molar-refractivity contribution in [2.45, 2.75) is 5.41 Å². The van der Waals surface area contributed by atoms with E-state index in [2.05, 4.69) is 301 Å². The van der Waals surface area contributed by atoms with Crippen molar-refractivity contribution in [3.05, 3.63) is 313 Å². The maximum atomic E-state index is 2.46. The van der Waals surface area contributed by atoms with E-state index in [1.165, 1.54) is 93.9 Å². The van der Waals surface area contributed by atoms with E-state index in [-0.39, 0.29) is 0 Å². The van der Waals surface area contributed by atoms with Gasteiger partial charge in [0.15, 0.2) is 0 Å². The van der Waals surface area contributed by atoms with Crippen LogP contribution in [0.1, 0.15) is 22.3 Å². The normalized spacial score (nSPS) is 12.5. The van der Waals surface area contributed by atoms with Crippen LogP contribution >= 0.6 is 0 Å². The summed E-state index contributed by atoms with van der Waals surface area (Å²) in [5.41, 5.74) is 20.9. The van der Waals surface area contributed by atoms with E-state index >= 15 is 0 Å². The van der Waals surface area contributed by atoms with Crippen LogP contribution in [0.4, 0.5) is 17.1 Å². The maximum absolute atomic E-state index is 2.46. The number of hydrogen-bond acceptors (Lipinski definition) is 1. The van der Waals surface area contributed by atoms with Gasteiger partial charge in [0.05, 0.1) is 22.1 Å². The molecule has 0 amide bonds. The number of benzene rings is 12. The van der Waals surface area contributed by atoms with Crippen molar-refractivity contribution in [1.29, 1.82) is 0 Å². The first-order chi connectivity index (χ1) is 36.2. The van der Waals surface area contributed by atoms with Gasteiger partial charge in [0.25, 0.3) is 0 Å². The molecule has 1 aliphatic rings. The summed E-state index contributed by atoms with van der Waals surface area (Å²) in [6.45, 7) is 0. The fraction of sp³-hybridized carbons (Fsp3) is 0.0141. The van der Waals surface area contributed by atoms with Gasteiger partial charge in [-0.05, 0) is 133 Å². The summed E-state index contributed by atoms with van der Waals surface area (Å²) in [5.74, 6) is 0. The topological polar surface area (TPSA) is 8.17 Å². The number of nitrogens with zero attached hydrogens (tertiary/aromatic N) is 2. The molecule has 342 valence electrons. The van der Waals surface area contributed by atoms with Crippen LogP contribution in [0.5, 0.6) is 0 Å². The molecule has 1 aliphatic carbocycles. The molecule has 12 aromatic carbocycles. The van der Waals surface area contributed by atoms with Crippen LogP contribution in [-0.4, -0.2) is 4.57 Å². The molecule has 2 heteroatoms. The minimum atomic E-state index is -0.526. The first-order valence-electron chi connectivity index (χ1n) is 25.2. The van der Waals surface area contributed by atoms with Gasteiger partial charge >= 0.3 is 0 Å². The van der Waals surface area contributed by atoms with Crippen LogP contribution in [0.3, 0.4) is 0 Å². The Balaban J connectivity index is 0.914. The highest BCUT2D eigenvalue weighted by Gasteiger charge is 2.46. The molecule has 0 saturated carbocycles. The second-order valence-corrected chi connectivity index (χ2v) is 19.2. The van der Waals surface area contributed by atoms with Crippen molar-refractivity contribution in [1.82, 2.24) is 4.57 Å². The minimum Gasteiger partial charge on any atom is -0.310 e. The highest BCUT2D eigenvalue weighted by Crippen LogP contribution is 2.57. The van der Waals surface area contributed by atoms with Crippen molar-refractivity contribution in [2.75, 3.05) is 4.90 Å². The molecule has 0 atom stereocenters. The predicted molar refractivity (Wildman–Crippen MR) is 307 cm³/mol. The van der Waals surface area contributed by atoms with Crippen LogP contribution in [-0.2, 0) is 5.41 Å². The Morgan fingerprint density at radius 3 is 1.55 bits per heavy atom. The Hall–Kier alpha value is -9.50. The number of aromatic nitrogens is 1. The molecule has 14 rings (SSSR count). The summed E-state index contributed by atoms with van der Waals surface area (Å²) in [6, 6.07) is 107. The molecule has 73 heavy (non-hydrogen) atoms. The predicted octanol–water partition coefficient (Wildman–Crippen LogP) is 18.8. The summed E-state index contributed by atoms with van der Waals surface area (Å²) in [7, 11) is 0. The number of para-hydroxylation sites is 1. The standard InChI is InChI=1S/C71H48N2/c1-4-19-49(20-5-1)50-37-40-58(41-38-50)72(60-42-44-63-62-32-12-14-34-66(62)71(67(63)48-60,56-26-6-2-7-27-56)57-28-8-3-9-29-57)59-30-17-25-54(46-59)52-23-16-24-53(45-52)55-39-43-65-64-33-13-15-35-69(64)73(70(65)47-55)68-36-18-22-51-21-10-11-31-61(51)68/h1-48H. The molecule has 0 spiro atoms. The second-order valence-electron chi connectivity index (χ2n) is 19.2. The Bertz CT molecular complexity index is 4140. The molecule has 0 N–H and O–H groups in total. The molecule has 1 heterocycles. The maximum Gasteiger partial charge on any atom is 0.0714 e. The zero-order valence-electron chi connectivity index (χ0n) is 40.1. The fourth-order valence-electron chi connectivity index (χ4n) is 12.0. The molecular weight excluding hydrogens is 881 g/mol.